The zero-order chi connectivity index (χ0) is 25.5. The van der Waals surface area contributed by atoms with Gasteiger partial charge in [0.2, 0.25) is 0 Å². The molecule has 3 amide bonds. The van der Waals surface area contributed by atoms with Gasteiger partial charge in [-0.1, -0.05) is 44.2 Å². The van der Waals surface area contributed by atoms with Gasteiger partial charge in [-0.05, 0) is 54.7 Å². The van der Waals surface area contributed by atoms with Gasteiger partial charge in [-0.15, -0.1) is 0 Å². The second kappa shape index (κ2) is 8.56. The summed E-state index contributed by atoms with van der Waals surface area (Å²) in [5.41, 5.74) is -3.12. The van der Waals surface area contributed by atoms with Crippen LogP contribution in [0.25, 0.3) is 0 Å². The number of hydrogen-bond acceptors (Lipinski definition) is 4. The number of carbonyl (C=O) groups excluding carboxylic acids is 2. The Morgan fingerprint density at radius 3 is 2.26 bits per heavy atom. The van der Waals surface area contributed by atoms with Crippen LogP contribution in [0.4, 0.5) is 23.7 Å². The molecule has 3 rings (SSSR count). The van der Waals surface area contributed by atoms with Gasteiger partial charge in [-0.25, -0.2) is 9.69 Å². The van der Waals surface area contributed by atoms with Crippen molar-refractivity contribution < 1.29 is 27.6 Å². The molecule has 2 aromatic rings. The summed E-state index contributed by atoms with van der Waals surface area (Å²) >= 11 is 0. The van der Waals surface area contributed by atoms with Crippen LogP contribution in [-0.4, -0.2) is 25.1 Å². The number of hydrogen-bond donors (Lipinski definition) is 2. The maximum absolute atomic E-state index is 13.8. The number of carbonyl (C=O) groups is 2. The number of halogens is 3. The van der Waals surface area contributed by atoms with Gasteiger partial charge < -0.3 is 10.1 Å². The molecular weight excluding hydrogens is 463 g/mol. The molecular formula is C24H26F3N3O3Si. The van der Waals surface area contributed by atoms with Crippen LogP contribution in [0.1, 0.15) is 43.4 Å². The molecule has 0 bridgehead atoms. The monoisotopic (exact) mass is 489 g/mol. The van der Waals surface area contributed by atoms with Crippen molar-refractivity contribution in [1.29, 1.82) is 5.26 Å². The lowest BCUT2D eigenvalue weighted by molar-refractivity contribution is -0.137. The fourth-order valence-electron chi connectivity index (χ4n) is 3.85. The van der Waals surface area contributed by atoms with Crippen LogP contribution >= 0.6 is 0 Å². The zero-order valence-corrected chi connectivity index (χ0v) is 20.3. The third-order valence-electron chi connectivity index (χ3n) is 6.83. The Kier molecular flexibility index (Phi) is 6.41. The molecule has 1 heterocycles. The van der Waals surface area contributed by atoms with Gasteiger partial charge >= 0.3 is 12.2 Å². The smallest absolute Gasteiger partial charge is 0.417 e. The van der Waals surface area contributed by atoms with Crippen LogP contribution in [0, 0.1) is 11.3 Å². The summed E-state index contributed by atoms with van der Waals surface area (Å²) in [6.45, 7) is 7.37. The second-order valence-corrected chi connectivity index (χ2v) is 14.1. The number of rotatable bonds is 6. The first kappa shape index (κ1) is 25.5. The first-order chi connectivity index (χ1) is 15.6. The number of nitrogens with zero attached hydrogens (tertiary/aromatic N) is 2. The zero-order valence-electron chi connectivity index (χ0n) is 19.3. The standard InChI is InChI=1S/C24H26F3N3O3Si/c1-22(2,34(3,4)33)12-13-23(17-8-6-5-7-9-17)20(31)30(21(32)29-23)18-11-10-16(15-28)19(14-18)24(25,26)27/h5-11,14,33H,12-13H2,1-4H3,(H,29,32)/t23-/m0/s1. The van der Waals surface area contributed by atoms with Crippen molar-refractivity contribution in [3.8, 4) is 6.07 Å². The highest BCUT2D eigenvalue weighted by Crippen LogP contribution is 2.45. The fraction of sp³-hybridized carbons (Fsp3) is 0.375. The van der Waals surface area contributed by atoms with Gasteiger partial charge in [0.25, 0.3) is 5.91 Å². The minimum absolute atomic E-state index is 0.143. The van der Waals surface area contributed by atoms with E-state index in [2.05, 4.69) is 5.32 Å². The van der Waals surface area contributed by atoms with E-state index in [1.54, 1.807) is 43.4 Å². The quantitative estimate of drug-likeness (QED) is 0.426. The molecule has 2 N–H and O–H groups in total. The van der Waals surface area contributed by atoms with Crippen LogP contribution in [0.5, 0.6) is 0 Å². The van der Waals surface area contributed by atoms with E-state index in [1.165, 1.54) is 6.07 Å². The molecule has 0 unspecified atom stereocenters. The van der Waals surface area contributed by atoms with E-state index < -0.39 is 48.1 Å². The number of urea groups is 1. The molecule has 0 radical (unpaired) electrons. The van der Waals surface area contributed by atoms with Gasteiger partial charge in [0.1, 0.15) is 5.54 Å². The van der Waals surface area contributed by atoms with Crippen molar-refractivity contribution >= 4 is 25.9 Å². The van der Waals surface area contributed by atoms with Crippen molar-refractivity contribution in [2.24, 2.45) is 0 Å². The summed E-state index contributed by atoms with van der Waals surface area (Å²) in [6.07, 6.45) is -4.30. The van der Waals surface area contributed by atoms with Crippen molar-refractivity contribution in [3.63, 3.8) is 0 Å². The summed E-state index contributed by atoms with van der Waals surface area (Å²) < 4.78 is 40.5. The summed E-state index contributed by atoms with van der Waals surface area (Å²) in [5.74, 6) is -0.713. The molecule has 10 heteroatoms. The largest absolute Gasteiger partial charge is 0.432 e. The molecule has 1 saturated heterocycles. The number of imide groups is 1. The van der Waals surface area contributed by atoms with Gasteiger partial charge in [0, 0.05) is 0 Å². The lowest BCUT2D eigenvalue weighted by Crippen LogP contribution is -2.46. The van der Waals surface area contributed by atoms with Crippen LogP contribution in [0.2, 0.25) is 18.1 Å². The summed E-state index contributed by atoms with van der Waals surface area (Å²) in [5, 5.41) is 11.3. The Hall–Kier alpha value is -3.16. The van der Waals surface area contributed by atoms with E-state index in [4.69, 9.17) is 5.26 Å². The Morgan fingerprint density at radius 2 is 1.74 bits per heavy atom. The topological polar surface area (TPSA) is 93.4 Å². The maximum atomic E-state index is 13.8. The minimum Gasteiger partial charge on any atom is -0.432 e. The van der Waals surface area contributed by atoms with Crippen LogP contribution in [0.3, 0.4) is 0 Å². The maximum Gasteiger partial charge on any atom is 0.417 e. The van der Waals surface area contributed by atoms with E-state index in [9.17, 15) is 27.6 Å². The second-order valence-electron chi connectivity index (χ2n) is 9.62. The Bertz CT molecular complexity index is 1150. The summed E-state index contributed by atoms with van der Waals surface area (Å²) in [7, 11) is -2.64. The highest BCUT2D eigenvalue weighted by Gasteiger charge is 2.54. The predicted octanol–water partition coefficient (Wildman–Crippen LogP) is 5.29. The number of benzene rings is 2. The predicted molar refractivity (Wildman–Crippen MR) is 123 cm³/mol. The molecule has 0 aliphatic carbocycles. The minimum atomic E-state index is -4.84. The third-order valence-corrected chi connectivity index (χ3v) is 10.4. The number of amides is 3. The molecule has 1 fully saturated rings. The molecule has 180 valence electrons. The highest BCUT2D eigenvalue weighted by molar-refractivity contribution is 6.72. The SMILES string of the molecule is CC(C)(CC[C@@]1(c2ccccc2)NC(=O)N(c2ccc(C#N)c(C(F)(F)F)c2)C1=O)[Si](C)(C)O. The van der Waals surface area contributed by atoms with E-state index in [-0.39, 0.29) is 12.1 Å². The Morgan fingerprint density at radius 1 is 1.12 bits per heavy atom. The molecule has 0 spiro atoms. The molecule has 2 aromatic carbocycles. The van der Waals surface area contributed by atoms with E-state index in [1.807, 2.05) is 13.8 Å². The first-order valence-electron chi connectivity index (χ1n) is 10.7. The third kappa shape index (κ3) is 4.45. The summed E-state index contributed by atoms with van der Waals surface area (Å²) in [4.78, 5) is 38.2. The number of alkyl halides is 3. The molecule has 6 nitrogen and oxygen atoms in total. The lowest BCUT2D eigenvalue weighted by atomic mass is 9.83. The Labute approximate surface area is 197 Å². The van der Waals surface area contributed by atoms with E-state index in [0.717, 1.165) is 12.1 Å². The molecule has 1 aliphatic heterocycles. The van der Waals surface area contributed by atoms with Crippen LogP contribution in [0.15, 0.2) is 48.5 Å². The van der Waals surface area contributed by atoms with E-state index >= 15 is 0 Å². The van der Waals surface area contributed by atoms with Gasteiger partial charge in [0.15, 0.2) is 8.32 Å². The normalized spacial score (nSPS) is 19.2. The average molecular weight is 490 g/mol. The van der Waals surface area contributed by atoms with E-state index in [0.29, 0.717) is 23.0 Å². The van der Waals surface area contributed by atoms with Crippen LogP contribution < -0.4 is 10.2 Å². The Balaban J connectivity index is 2.09. The molecule has 1 atom stereocenters. The van der Waals surface area contributed by atoms with Crippen molar-refractivity contribution in [3.05, 3.63) is 65.2 Å². The van der Waals surface area contributed by atoms with Crippen LogP contribution in [-0.2, 0) is 16.5 Å². The highest BCUT2D eigenvalue weighted by atomic mass is 28.4. The van der Waals surface area contributed by atoms with Gasteiger partial charge in [-0.3, -0.25) is 4.79 Å². The molecule has 1 aliphatic rings. The van der Waals surface area contributed by atoms with Crippen molar-refractivity contribution in [2.75, 3.05) is 4.90 Å². The van der Waals surface area contributed by atoms with Gasteiger partial charge in [-0.2, -0.15) is 18.4 Å². The first-order valence-corrected chi connectivity index (χ1v) is 13.6. The molecule has 34 heavy (non-hydrogen) atoms. The summed E-state index contributed by atoms with van der Waals surface area (Å²) in [6, 6.07) is 11.9. The van der Waals surface area contributed by atoms with Crippen molar-refractivity contribution in [2.45, 2.75) is 56.5 Å². The lowest BCUT2D eigenvalue weighted by Gasteiger charge is -2.38. The number of anilines is 1. The fourth-order valence-corrected chi connectivity index (χ4v) is 4.59. The number of nitrogens with one attached hydrogen (secondary N) is 1. The molecule has 0 saturated carbocycles. The average Bonchev–Trinajstić information content (AvgIpc) is 3.01. The molecule has 0 aromatic heterocycles. The van der Waals surface area contributed by atoms with Crippen molar-refractivity contribution in [1.82, 2.24) is 5.32 Å². The number of nitriles is 1. The van der Waals surface area contributed by atoms with Gasteiger partial charge in [0.05, 0.1) is 22.9 Å².